The fourth-order valence-electron chi connectivity index (χ4n) is 3.79. The number of hydrogen-bond acceptors (Lipinski definition) is 4. The fraction of sp³-hybridized carbons (Fsp3) is 0.923. The predicted molar refractivity (Wildman–Crippen MR) is 66.3 cm³/mol. The summed E-state index contributed by atoms with van der Waals surface area (Å²) >= 11 is 0. The van der Waals surface area contributed by atoms with Crippen LogP contribution in [-0.4, -0.2) is 61.9 Å². The minimum atomic E-state index is -0.240. The zero-order chi connectivity index (χ0) is 12.6. The number of nitrogens with zero attached hydrogens (tertiary/aromatic N) is 1. The monoisotopic (exact) mass is 254 g/mol. The van der Waals surface area contributed by atoms with Crippen molar-refractivity contribution in [3.05, 3.63) is 0 Å². The summed E-state index contributed by atoms with van der Waals surface area (Å²) in [4.78, 5) is 14.4. The Kier molecular flexibility index (Phi) is 3.30. The van der Waals surface area contributed by atoms with Gasteiger partial charge in [0.2, 0.25) is 0 Å². The van der Waals surface area contributed by atoms with Crippen molar-refractivity contribution in [1.29, 1.82) is 0 Å². The summed E-state index contributed by atoms with van der Waals surface area (Å²) in [6, 6.07) is 0.392. The van der Waals surface area contributed by atoms with E-state index in [-0.39, 0.29) is 17.6 Å². The van der Waals surface area contributed by atoms with Crippen LogP contribution in [0.3, 0.4) is 0 Å². The van der Waals surface area contributed by atoms with Crippen LogP contribution >= 0.6 is 0 Å². The van der Waals surface area contributed by atoms with Crippen molar-refractivity contribution in [2.24, 2.45) is 0 Å². The van der Waals surface area contributed by atoms with Crippen LogP contribution in [0.4, 0.5) is 0 Å². The second-order valence-electron chi connectivity index (χ2n) is 5.52. The second-order valence-corrected chi connectivity index (χ2v) is 5.52. The number of carbonyl (C=O) groups excluding carboxylic acids is 1. The first-order chi connectivity index (χ1) is 8.79. The van der Waals surface area contributed by atoms with Crippen molar-refractivity contribution in [3.63, 3.8) is 0 Å². The van der Waals surface area contributed by atoms with Crippen LogP contribution in [0.1, 0.15) is 25.7 Å². The number of likely N-dealkylation sites (tertiary alicyclic amines) is 1. The van der Waals surface area contributed by atoms with E-state index in [9.17, 15) is 4.79 Å². The third-order valence-electron chi connectivity index (χ3n) is 4.70. The fourth-order valence-corrected chi connectivity index (χ4v) is 3.79. The molecule has 0 unspecified atom stereocenters. The molecule has 1 amide bonds. The molecule has 1 spiro atoms. The summed E-state index contributed by atoms with van der Waals surface area (Å²) in [5.74, 6) is 0.186. The lowest BCUT2D eigenvalue weighted by Gasteiger charge is -2.61. The van der Waals surface area contributed by atoms with Gasteiger partial charge in [0.1, 0.15) is 0 Å². The molecule has 102 valence electrons. The highest BCUT2D eigenvalue weighted by atomic mass is 16.5. The molecule has 0 radical (unpaired) electrons. The highest BCUT2D eigenvalue weighted by Crippen LogP contribution is 2.44. The van der Waals surface area contributed by atoms with E-state index in [0.29, 0.717) is 6.04 Å². The zero-order valence-corrected chi connectivity index (χ0v) is 11.0. The molecule has 1 N–H and O–H groups in total. The van der Waals surface area contributed by atoms with Gasteiger partial charge in [-0.25, -0.2) is 0 Å². The molecule has 0 aromatic carbocycles. The molecule has 1 atom stereocenters. The minimum Gasteiger partial charge on any atom is -0.381 e. The van der Waals surface area contributed by atoms with E-state index in [2.05, 4.69) is 10.2 Å². The van der Waals surface area contributed by atoms with Gasteiger partial charge in [0, 0.05) is 26.4 Å². The predicted octanol–water partition coefficient (Wildman–Crippen LogP) is 0.145. The molecule has 0 aromatic heterocycles. The number of nitrogens with one attached hydrogen (secondary N) is 1. The van der Waals surface area contributed by atoms with Gasteiger partial charge in [0.05, 0.1) is 5.54 Å². The highest BCUT2D eigenvalue weighted by molar-refractivity contribution is 5.90. The summed E-state index contributed by atoms with van der Waals surface area (Å²) in [5.41, 5.74) is -0.0773. The maximum absolute atomic E-state index is 12.3. The molecule has 0 aliphatic carbocycles. The maximum Gasteiger partial charge on any atom is 0.254 e. The van der Waals surface area contributed by atoms with Gasteiger partial charge in [0.15, 0.2) is 6.10 Å². The lowest BCUT2D eigenvalue weighted by molar-refractivity contribution is -0.212. The van der Waals surface area contributed by atoms with Crippen molar-refractivity contribution in [1.82, 2.24) is 10.2 Å². The second kappa shape index (κ2) is 4.79. The van der Waals surface area contributed by atoms with Crippen molar-refractivity contribution >= 4 is 5.91 Å². The molecule has 3 heterocycles. The SMILES string of the molecule is CO[C@@H]1C(=O)N(C2CCNCC2)C12CCOCC2. The molecular weight excluding hydrogens is 232 g/mol. The van der Waals surface area contributed by atoms with Crippen LogP contribution in [0.5, 0.6) is 0 Å². The summed E-state index contributed by atoms with van der Waals surface area (Å²) < 4.78 is 10.9. The van der Waals surface area contributed by atoms with E-state index in [4.69, 9.17) is 9.47 Å². The largest absolute Gasteiger partial charge is 0.381 e. The van der Waals surface area contributed by atoms with E-state index in [1.54, 1.807) is 7.11 Å². The number of hydrogen-bond donors (Lipinski definition) is 1. The van der Waals surface area contributed by atoms with E-state index < -0.39 is 0 Å². The van der Waals surface area contributed by atoms with Crippen molar-refractivity contribution < 1.29 is 14.3 Å². The third kappa shape index (κ3) is 1.68. The van der Waals surface area contributed by atoms with Gasteiger partial charge >= 0.3 is 0 Å². The van der Waals surface area contributed by atoms with Gasteiger partial charge in [-0.05, 0) is 38.8 Å². The number of piperidine rings is 1. The van der Waals surface area contributed by atoms with Crippen molar-refractivity contribution in [2.75, 3.05) is 33.4 Å². The molecule has 0 saturated carbocycles. The van der Waals surface area contributed by atoms with Crippen LogP contribution in [0.25, 0.3) is 0 Å². The maximum atomic E-state index is 12.3. The Bertz CT molecular complexity index is 322. The van der Waals surface area contributed by atoms with Crippen molar-refractivity contribution in [2.45, 2.75) is 43.4 Å². The molecule has 0 aromatic rings. The van der Waals surface area contributed by atoms with Gasteiger partial charge in [-0.2, -0.15) is 0 Å². The van der Waals surface area contributed by atoms with Gasteiger partial charge in [-0.15, -0.1) is 0 Å². The number of carbonyl (C=O) groups is 1. The normalized spacial score (nSPS) is 32.6. The van der Waals surface area contributed by atoms with Gasteiger partial charge in [-0.1, -0.05) is 0 Å². The number of rotatable bonds is 2. The topological polar surface area (TPSA) is 50.8 Å². The van der Waals surface area contributed by atoms with Gasteiger partial charge < -0.3 is 19.7 Å². The Morgan fingerprint density at radius 2 is 2.00 bits per heavy atom. The number of β-lactam (4-membered cyclic amide) rings is 1. The molecule has 3 aliphatic rings. The Labute approximate surface area is 108 Å². The highest BCUT2D eigenvalue weighted by Gasteiger charge is 2.62. The smallest absolute Gasteiger partial charge is 0.254 e. The lowest BCUT2D eigenvalue weighted by Crippen LogP contribution is -2.78. The van der Waals surface area contributed by atoms with E-state index in [1.807, 2.05) is 0 Å². The Morgan fingerprint density at radius 3 is 2.61 bits per heavy atom. The Morgan fingerprint density at radius 1 is 1.33 bits per heavy atom. The molecular formula is C13H22N2O3. The molecule has 3 rings (SSSR count). The van der Waals surface area contributed by atoms with Crippen LogP contribution in [-0.2, 0) is 14.3 Å². The Balaban J connectivity index is 1.80. The molecule has 5 heteroatoms. The zero-order valence-electron chi connectivity index (χ0n) is 11.0. The number of ether oxygens (including phenoxy) is 2. The quantitative estimate of drug-likeness (QED) is 0.713. The number of methoxy groups -OCH3 is 1. The number of amides is 1. The summed E-state index contributed by atoms with van der Waals surface area (Å²) in [7, 11) is 1.65. The first kappa shape index (κ1) is 12.4. The van der Waals surface area contributed by atoms with Crippen LogP contribution in [0.2, 0.25) is 0 Å². The van der Waals surface area contributed by atoms with Gasteiger partial charge in [0.25, 0.3) is 5.91 Å². The third-order valence-corrected chi connectivity index (χ3v) is 4.70. The summed E-state index contributed by atoms with van der Waals surface area (Å²) in [6.45, 7) is 3.51. The molecule has 3 fully saturated rings. The summed E-state index contributed by atoms with van der Waals surface area (Å²) in [6.07, 6.45) is 3.72. The van der Waals surface area contributed by atoms with Crippen LogP contribution in [0.15, 0.2) is 0 Å². The first-order valence-corrected chi connectivity index (χ1v) is 6.94. The standard InChI is InChI=1S/C13H22N2O3/c1-17-11-12(16)15(10-2-6-14-7-3-10)13(11)4-8-18-9-5-13/h10-11,14H,2-9H2,1H3/t11-/m1/s1. The Hall–Kier alpha value is -0.650. The average Bonchev–Trinajstić information content (AvgIpc) is 2.41. The van der Waals surface area contributed by atoms with Crippen LogP contribution < -0.4 is 5.32 Å². The molecule has 5 nitrogen and oxygen atoms in total. The van der Waals surface area contributed by atoms with E-state index in [1.165, 1.54) is 0 Å². The van der Waals surface area contributed by atoms with E-state index >= 15 is 0 Å². The first-order valence-electron chi connectivity index (χ1n) is 6.94. The molecule has 18 heavy (non-hydrogen) atoms. The van der Waals surface area contributed by atoms with E-state index in [0.717, 1.165) is 52.0 Å². The van der Waals surface area contributed by atoms with Crippen LogP contribution in [0, 0.1) is 0 Å². The molecule has 3 aliphatic heterocycles. The average molecular weight is 254 g/mol. The lowest BCUT2D eigenvalue weighted by atomic mass is 9.72. The van der Waals surface area contributed by atoms with Crippen molar-refractivity contribution in [3.8, 4) is 0 Å². The van der Waals surface area contributed by atoms with Gasteiger partial charge in [-0.3, -0.25) is 4.79 Å². The minimum absolute atomic E-state index is 0.0773. The molecule has 0 bridgehead atoms. The molecule has 3 saturated heterocycles. The summed E-state index contributed by atoms with van der Waals surface area (Å²) in [5, 5.41) is 3.36.